The predicted octanol–water partition coefficient (Wildman–Crippen LogP) is 2.95. The summed E-state index contributed by atoms with van der Waals surface area (Å²) in [6.07, 6.45) is -6.05. The zero-order valence-electron chi connectivity index (χ0n) is 33.8. The first-order valence-corrected chi connectivity index (χ1v) is 20.4. The summed E-state index contributed by atoms with van der Waals surface area (Å²) in [7, 11) is 0. The Morgan fingerprint density at radius 3 is 2.09 bits per heavy atom. The van der Waals surface area contributed by atoms with Crippen molar-refractivity contribution in [3.63, 3.8) is 0 Å². The van der Waals surface area contributed by atoms with Crippen molar-refractivity contribution >= 4 is 0 Å². The lowest BCUT2D eigenvalue weighted by Gasteiger charge is -2.72. The number of hydrogen-bond donors (Lipinski definition) is 8. The van der Waals surface area contributed by atoms with Crippen LogP contribution in [0.3, 0.4) is 0 Å². The van der Waals surface area contributed by atoms with Crippen molar-refractivity contribution in [2.75, 3.05) is 6.61 Å². The van der Waals surface area contributed by atoms with E-state index in [9.17, 15) is 40.9 Å². The van der Waals surface area contributed by atoms with Gasteiger partial charge < -0.3 is 59.8 Å². The molecular formula is C42H70O12. The maximum atomic E-state index is 12.2. The number of hydrogen-bond acceptors (Lipinski definition) is 12. The monoisotopic (exact) mass is 766 g/mol. The molecule has 4 aliphatic carbocycles. The van der Waals surface area contributed by atoms with Gasteiger partial charge in [-0.05, 0) is 118 Å². The van der Waals surface area contributed by atoms with Gasteiger partial charge in [-0.1, -0.05) is 57.9 Å². The molecule has 12 nitrogen and oxygen atoms in total. The van der Waals surface area contributed by atoms with Crippen molar-refractivity contribution in [2.24, 2.45) is 45.3 Å². The fourth-order valence-corrected chi connectivity index (χ4v) is 12.9. The van der Waals surface area contributed by atoms with E-state index in [0.717, 1.165) is 25.7 Å². The van der Waals surface area contributed by atoms with Gasteiger partial charge in [0.2, 0.25) is 0 Å². The molecule has 2 aliphatic heterocycles. The van der Waals surface area contributed by atoms with E-state index in [-0.39, 0.29) is 39.9 Å². The molecule has 54 heavy (non-hydrogen) atoms. The van der Waals surface area contributed by atoms with Crippen LogP contribution in [0.2, 0.25) is 0 Å². The molecule has 8 N–H and O–H groups in total. The second-order valence-corrected chi connectivity index (χ2v) is 19.6. The molecule has 0 bridgehead atoms. The molecule has 12 heteroatoms. The van der Waals surface area contributed by atoms with Gasteiger partial charge in [-0.3, -0.25) is 0 Å². The minimum atomic E-state index is -1.68. The Labute approximate surface area is 321 Å². The first kappa shape index (κ1) is 42.6. The quantitative estimate of drug-likeness (QED) is 0.133. The van der Waals surface area contributed by atoms with Gasteiger partial charge in [-0.25, -0.2) is 0 Å². The molecular weight excluding hydrogens is 696 g/mol. The van der Waals surface area contributed by atoms with E-state index in [1.54, 1.807) is 0 Å². The lowest BCUT2D eigenvalue weighted by atomic mass is 9.34. The summed E-state index contributed by atoms with van der Waals surface area (Å²) in [6.45, 7) is 18.5. The molecule has 0 aromatic rings. The zero-order chi connectivity index (χ0) is 39.9. The van der Waals surface area contributed by atoms with Gasteiger partial charge in [-0.15, -0.1) is 0 Å². The smallest absolute Gasteiger partial charge is 0.187 e. The average molecular weight is 767 g/mol. The van der Waals surface area contributed by atoms with E-state index < -0.39 is 91.7 Å². The minimum Gasteiger partial charge on any atom is -0.394 e. The van der Waals surface area contributed by atoms with Crippen LogP contribution in [0.1, 0.15) is 107 Å². The van der Waals surface area contributed by atoms with E-state index in [4.69, 9.17) is 18.9 Å². The number of fused-ring (bicyclic) bond motifs is 5. The van der Waals surface area contributed by atoms with Crippen LogP contribution in [0, 0.1) is 45.3 Å². The number of allylic oxidation sites excluding steroid dienone is 4. The van der Waals surface area contributed by atoms with Gasteiger partial charge in [0.05, 0.1) is 31.0 Å². The Bertz CT molecular complexity index is 1400. The number of aliphatic hydroxyl groups is 8. The lowest BCUT2D eigenvalue weighted by molar-refractivity contribution is -0.381. The fourth-order valence-electron chi connectivity index (χ4n) is 12.9. The maximum absolute atomic E-state index is 12.2. The van der Waals surface area contributed by atoms with Gasteiger partial charge in [0, 0.05) is 0 Å². The molecule has 0 amide bonds. The Morgan fingerprint density at radius 2 is 1.44 bits per heavy atom. The number of rotatable bonds is 8. The highest BCUT2D eigenvalue weighted by Crippen LogP contribution is 2.76. The highest BCUT2D eigenvalue weighted by molar-refractivity contribution is 5.24. The molecule has 6 aliphatic rings. The lowest BCUT2D eigenvalue weighted by Crippen LogP contribution is -2.71. The van der Waals surface area contributed by atoms with Gasteiger partial charge in [-0.2, -0.15) is 0 Å². The molecule has 0 spiro atoms. The summed E-state index contributed by atoms with van der Waals surface area (Å²) in [5.41, 5.74) is 1.01. The van der Waals surface area contributed by atoms with E-state index in [1.807, 2.05) is 0 Å². The second kappa shape index (κ2) is 15.3. The highest BCUT2D eigenvalue weighted by Gasteiger charge is 2.73. The normalized spacial score (nSPS) is 53.3. The Hall–Kier alpha value is -1.00. The van der Waals surface area contributed by atoms with Gasteiger partial charge >= 0.3 is 0 Å². The standard InChI is InChI=1S/C42H70O12/c1-20(2)11-10-12-21(3)23-13-16-41(8)29(23)24(44)17-27-40(7)15-14-28(45)39(5,6)36(40)25(18-42(27,41)9)52-38-35(33(49)31(47)26(19-43)53-38)54-37-34(50)32(48)30(46)22(4)51-37/h11-12,22-38,43-50H,10,13-19H2,1-9H3/b21-12-/t22-,23+,24+,25-,26+,27?,28-,29-,30-,31+,32+,33-,34+,35+,36-,37-,38+,40+,41+,42+/m0/s1. The van der Waals surface area contributed by atoms with Crippen molar-refractivity contribution in [1.82, 2.24) is 0 Å². The Kier molecular flexibility index (Phi) is 12.1. The van der Waals surface area contributed by atoms with E-state index in [2.05, 4.69) is 67.5 Å². The summed E-state index contributed by atoms with van der Waals surface area (Å²) in [6, 6.07) is 0. The molecule has 20 atom stereocenters. The highest BCUT2D eigenvalue weighted by atomic mass is 16.8. The topological polar surface area (TPSA) is 199 Å². The summed E-state index contributed by atoms with van der Waals surface area (Å²) in [5, 5.41) is 88.2. The van der Waals surface area contributed by atoms with Gasteiger partial charge in [0.15, 0.2) is 12.6 Å². The molecule has 0 radical (unpaired) electrons. The van der Waals surface area contributed by atoms with Crippen molar-refractivity contribution < 1.29 is 59.8 Å². The average Bonchev–Trinajstić information content (AvgIpc) is 3.48. The molecule has 2 saturated heterocycles. The molecule has 4 saturated carbocycles. The van der Waals surface area contributed by atoms with Crippen LogP contribution in [0.4, 0.5) is 0 Å². The van der Waals surface area contributed by atoms with Crippen LogP contribution >= 0.6 is 0 Å². The van der Waals surface area contributed by atoms with Crippen LogP contribution in [0.5, 0.6) is 0 Å². The minimum absolute atomic E-state index is 0.0381. The van der Waals surface area contributed by atoms with E-state index in [0.29, 0.717) is 19.3 Å². The third kappa shape index (κ3) is 6.79. The van der Waals surface area contributed by atoms with Crippen molar-refractivity contribution in [3.05, 3.63) is 23.3 Å². The SMILES string of the molecule is CC(C)=CC/C=C(/C)[C@H]1CC[C@]2(C)[C@@H]1[C@H](O)CC1[C@@]3(C)CC[C@H](O)C(C)(C)[C@@H]3[C@@H](O[C@@H]3O[C@H](CO)[C@@H](O)[C@H](O)[C@H]3O[C@@H]3O[C@@H](C)[C@H](O)[C@@H](O)[C@H]3O)C[C@]12C. The predicted molar refractivity (Wildman–Crippen MR) is 199 cm³/mol. The van der Waals surface area contributed by atoms with E-state index >= 15 is 0 Å². The summed E-state index contributed by atoms with van der Waals surface area (Å²) < 4.78 is 25.2. The first-order chi connectivity index (χ1) is 25.1. The Balaban J connectivity index is 1.39. The van der Waals surface area contributed by atoms with E-state index in [1.165, 1.54) is 18.1 Å². The number of aliphatic hydroxyl groups excluding tert-OH is 8. The van der Waals surface area contributed by atoms with Gasteiger partial charge in [0.1, 0.15) is 42.7 Å². The molecule has 0 aromatic carbocycles. The molecule has 6 fully saturated rings. The van der Waals surface area contributed by atoms with Crippen molar-refractivity contribution in [3.8, 4) is 0 Å². The second-order valence-electron chi connectivity index (χ2n) is 19.6. The van der Waals surface area contributed by atoms with Crippen LogP contribution in [0.25, 0.3) is 0 Å². The summed E-state index contributed by atoms with van der Waals surface area (Å²) in [4.78, 5) is 0. The van der Waals surface area contributed by atoms with Crippen molar-refractivity contribution in [1.29, 1.82) is 0 Å². The first-order valence-electron chi connectivity index (χ1n) is 20.4. The maximum Gasteiger partial charge on any atom is 0.187 e. The molecule has 2 heterocycles. The largest absolute Gasteiger partial charge is 0.394 e. The third-order valence-corrected chi connectivity index (χ3v) is 16.0. The molecule has 0 aromatic heterocycles. The third-order valence-electron chi connectivity index (χ3n) is 16.0. The summed E-state index contributed by atoms with van der Waals surface area (Å²) >= 11 is 0. The van der Waals surface area contributed by atoms with Crippen LogP contribution in [0.15, 0.2) is 23.3 Å². The molecule has 1 unspecified atom stereocenters. The summed E-state index contributed by atoms with van der Waals surface area (Å²) in [5.74, 6) is 0.165. The van der Waals surface area contributed by atoms with Crippen LogP contribution < -0.4 is 0 Å². The van der Waals surface area contributed by atoms with Crippen molar-refractivity contribution in [2.45, 2.75) is 187 Å². The Morgan fingerprint density at radius 1 is 0.759 bits per heavy atom. The fraction of sp³-hybridized carbons (Fsp3) is 0.905. The zero-order valence-corrected chi connectivity index (χ0v) is 33.8. The molecule has 6 rings (SSSR count). The van der Waals surface area contributed by atoms with Crippen LogP contribution in [-0.4, -0.2) is 127 Å². The number of ether oxygens (including phenoxy) is 4. The van der Waals surface area contributed by atoms with Gasteiger partial charge in [0.25, 0.3) is 0 Å². The molecule has 310 valence electrons. The van der Waals surface area contributed by atoms with Crippen LogP contribution in [-0.2, 0) is 18.9 Å².